The van der Waals surface area contributed by atoms with Crippen LogP contribution in [0.4, 0.5) is 0 Å². The molecule has 4 heteroatoms. The van der Waals surface area contributed by atoms with E-state index in [9.17, 15) is 15.0 Å². The topological polar surface area (TPSA) is 77.8 Å². The number of aliphatic hydroxyl groups excluding tert-OH is 2. The van der Waals surface area contributed by atoms with Gasteiger partial charge in [-0.25, -0.2) is 0 Å². The van der Waals surface area contributed by atoms with E-state index in [2.05, 4.69) is 27.7 Å². The fourth-order valence-corrected chi connectivity index (χ4v) is 9.48. The van der Waals surface area contributed by atoms with Crippen molar-refractivity contribution in [2.75, 3.05) is 0 Å². The summed E-state index contributed by atoms with van der Waals surface area (Å²) >= 11 is 0. The Morgan fingerprint density at radius 2 is 1.67 bits per heavy atom. The van der Waals surface area contributed by atoms with Gasteiger partial charge in [-0.05, 0) is 104 Å². The van der Waals surface area contributed by atoms with Gasteiger partial charge in [0.25, 0.3) is 0 Å². The lowest BCUT2D eigenvalue weighted by molar-refractivity contribution is -0.203. The van der Waals surface area contributed by atoms with Gasteiger partial charge in [0.2, 0.25) is 0 Å². The summed E-state index contributed by atoms with van der Waals surface area (Å²) in [7, 11) is 0. The van der Waals surface area contributed by atoms with Crippen LogP contribution >= 0.6 is 0 Å². The summed E-state index contributed by atoms with van der Waals surface area (Å²) in [6, 6.07) is 0. The average Bonchev–Trinajstić information content (AvgIpc) is 3.05. The van der Waals surface area contributed by atoms with E-state index in [-0.39, 0.29) is 29.5 Å². The first-order valence-corrected chi connectivity index (χ1v) is 12.7. The summed E-state index contributed by atoms with van der Waals surface area (Å²) in [6.45, 7) is 9.44. The molecule has 3 unspecified atom stereocenters. The summed E-state index contributed by atoms with van der Waals surface area (Å²) in [4.78, 5) is 11.1. The van der Waals surface area contributed by atoms with E-state index in [1.807, 2.05) is 0 Å². The van der Waals surface area contributed by atoms with Crippen LogP contribution in [0.25, 0.3) is 0 Å². The van der Waals surface area contributed by atoms with Crippen molar-refractivity contribution in [3.05, 3.63) is 0 Å². The molecule has 3 N–H and O–H groups in total. The monoisotopic (exact) mass is 420 g/mol. The average molecular weight is 421 g/mol. The van der Waals surface area contributed by atoms with Crippen molar-refractivity contribution in [3.63, 3.8) is 0 Å². The zero-order valence-corrected chi connectivity index (χ0v) is 19.5. The maximum Gasteiger partial charge on any atom is 0.303 e. The fraction of sp³-hybridized carbons (Fsp3) is 0.962. The lowest BCUT2D eigenvalue weighted by Gasteiger charge is -2.64. The van der Waals surface area contributed by atoms with Gasteiger partial charge in [0.05, 0.1) is 12.2 Å². The third-order valence-electron chi connectivity index (χ3n) is 11.0. The Hall–Kier alpha value is -0.610. The second-order valence-electron chi connectivity index (χ2n) is 12.0. The molecule has 30 heavy (non-hydrogen) atoms. The molecule has 0 radical (unpaired) electrons. The molecule has 4 saturated carbocycles. The number of aliphatic carboxylic acids is 1. The second kappa shape index (κ2) is 8.06. The summed E-state index contributed by atoms with van der Waals surface area (Å²) in [5.41, 5.74) is 0.480. The van der Waals surface area contributed by atoms with Gasteiger partial charge in [-0.2, -0.15) is 0 Å². The molecule has 4 fully saturated rings. The quantitative estimate of drug-likeness (QED) is 0.577. The molecule has 0 bridgehead atoms. The SMILES string of the molecule is CC[C@H]1[C@@H](O)[C@H]2[C@@H]3CCC([C@H](C)CCC(=O)O)C3(C)CC[C@@H]2C2(C)CC[C@@H](O)C[C@@H]12. The minimum absolute atomic E-state index is 0.194. The number of hydrogen-bond acceptors (Lipinski definition) is 3. The van der Waals surface area contributed by atoms with Gasteiger partial charge < -0.3 is 15.3 Å². The van der Waals surface area contributed by atoms with Crippen molar-refractivity contribution < 1.29 is 20.1 Å². The molecule has 4 nitrogen and oxygen atoms in total. The van der Waals surface area contributed by atoms with Crippen LogP contribution in [-0.4, -0.2) is 33.5 Å². The minimum Gasteiger partial charge on any atom is -0.481 e. The lowest BCUT2D eigenvalue weighted by atomic mass is 9.41. The second-order valence-corrected chi connectivity index (χ2v) is 12.0. The minimum atomic E-state index is -0.683. The molecule has 11 atom stereocenters. The van der Waals surface area contributed by atoms with E-state index in [0.29, 0.717) is 41.4 Å². The highest BCUT2D eigenvalue weighted by atomic mass is 16.4. The highest BCUT2D eigenvalue weighted by molar-refractivity contribution is 5.66. The zero-order chi connectivity index (χ0) is 21.8. The predicted octanol–water partition coefficient (Wildman–Crippen LogP) is 5.11. The first-order chi connectivity index (χ1) is 14.1. The summed E-state index contributed by atoms with van der Waals surface area (Å²) in [5.74, 6) is 2.58. The van der Waals surface area contributed by atoms with E-state index < -0.39 is 5.97 Å². The summed E-state index contributed by atoms with van der Waals surface area (Å²) in [6.07, 6.45) is 9.27. The normalized spacial score (nSPS) is 51.5. The molecule has 4 aliphatic carbocycles. The van der Waals surface area contributed by atoms with E-state index in [1.165, 1.54) is 25.7 Å². The Bertz CT molecular complexity index is 649. The van der Waals surface area contributed by atoms with Crippen molar-refractivity contribution in [1.82, 2.24) is 0 Å². The number of carboxylic acids is 1. The Morgan fingerprint density at radius 1 is 1.00 bits per heavy atom. The van der Waals surface area contributed by atoms with Crippen molar-refractivity contribution in [1.29, 1.82) is 0 Å². The molecule has 0 heterocycles. The van der Waals surface area contributed by atoms with E-state index in [0.717, 1.165) is 32.1 Å². The van der Waals surface area contributed by atoms with Gasteiger partial charge in [-0.3, -0.25) is 4.79 Å². The van der Waals surface area contributed by atoms with E-state index >= 15 is 0 Å². The van der Waals surface area contributed by atoms with Crippen LogP contribution < -0.4 is 0 Å². The van der Waals surface area contributed by atoms with Gasteiger partial charge in [-0.15, -0.1) is 0 Å². The Kier molecular flexibility index (Phi) is 6.07. The number of hydrogen-bond donors (Lipinski definition) is 3. The van der Waals surface area contributed by atoms with Crippen molar-refractivity contribution in [2.45, 2.75) is 104 Å². The van der Waals surface area contributed by atoms with Crippen LogP contribution in [0.5, 0.6) is 0 Å². The van der Waals surface area contributed by atoms with Gasteiger partial charge >= 0.3 is 5.97 Å². The maximum absolute atomic E-state index is 11.7. The van der Waals surface area contributed by atoms with Crippen LogP contribution in [0.3, 0.4) is 0 Å². The molecule has 0 aromatic heterocycles. The largest absolute Gasteiger partial charge is 0.481 e. The van der Waals surface area contributed by atoms with Crippen molar-refractivity contribution >= 4 is 5.97 Å². The first kappa shape index (κ1) is 22.6. The molecule has 4 aliphatic rings. The number of fused-ring (bicyclic) bond motifs is 5. The molecule has 0 aliphatic heterocycles. The molecule has 0 aromatic rings. The molecule has 172 valence electrons. The highest BCUT2D eigenvalue weighted by Gasteiger charge is 2.64. The fourth-order valence-electron chi connectivity index (χ4n) is 9.48. The molecular weight excluding hydrogens is 376 g/mol. The van der Waals surface area contributed by atoms with Crippen LogP contribution in [0.15, 0.2) is 0 Å². The molecule has 0 spiro atoms. The van der Waals surface area contributed by atoms with Crippen LogP contribution in [0.1, 0.15) is 91.9 Å². The lowest BCUT2D eigenvalue weighted by Crippen LogP contribution is -2.62. The van der Waals surface area contributed by atoms with Crippen LogP contribution in [-0.2, 0) is 4.79 Å². The van der Waals surface area contributed by atoms with E-state index in [4.69, 9.17) is 5.11 Å². The number of carbonyl (C=O) groups is 1. The number of carboxylic acid groups (broad SMARTS) is 1. The van der Waals surface area contributed by atoms with Crippen molar-refractivity contribution in [3.8, 4) is 0 Å². The maximum atomic E-state index is 11.7. The van der Waals surface area contributed by atoms with Crippen molar-refractivity contribution in [2.24, 2.45) is 52.3 Å². The predicted molar refractivity (Wildman–Crippen MR) is 118 cm³/mol. The first-order valence-electron chi connectivity index (χ1n) is 12.7. The van der Waals surface area contributed by atoms with E-state index in [1.54, 1.807) is 0 Å². The molecule has 0 amide bonds. The van der Waals surface area contributed by atoms with Gasteiger partial charge in [0.15, 0.2) is 0 Å². The highest BCUT2D eigenvalue weighted by Crippen LogP contribution is 2.69. The number of aliphatic hydroxyl groups is 2. The third kappa shape index (κ3) is 3.36. The Balaban J connectivity index is 1.61. The van der Waals surface area contributed by atoms with Crippen LogP contribution in [0.2, 0.25) is 0 Å². The smallest absolute Gasteiger partial charge is 0.303 e. The molecule has 0 saturated heterocycles. The Labute approximate surface area is 182 Å². The summed E-state index contributed by atoms with van der Waals surface area (Å²) in [5, 5.41) is 31.3. The Morgan fingerprint density at radius 3 is 2.33 bits per heavy atom. The van der Waals surface area contributed by atoms with Crippen LogP contribution in [0, 0.1) is 52.3 Å². The molecular formula is C26H44O4. The van der Waals surface area contributed by atoms with Gasteiger partial charge in [0.1, 0.15) is 0 Å². The number of rotatable bonds is 5. The zero-order valence-electron chi connectivity index (χ0n) is 19.5. The third-order valence-corrected chi connectivity index (χ3v) is 11.0. The van der Waals surface area contributed by atoms with Gasteiger partial charge in [-0.1, -0.05) is 34.1 Å². The molecule has 0 aromatic carbocycles. The molecule has 4 rings (SSSR count). The van der Waals surface area contributed by atoms with Gasteiger partial charge in [0, 0.05) is 6.42 Å². The summed E-state index contributed by atoms with van der Waals surface area (Å²) < 4.78 is 0. The standard InChI is InChI=1S/C26H44O4/c1-5-17-21-14-16(27)10-12-26(21,4)20-11-13-25(3)18(15(2)6-9-22(28)29)7-8-19(25)23(20)24(17)30/h15-21,23-24,27,30H,5-14H2,1-4H3,(H,28,29)/t15-,16-,17-,18?,19+,20+,21+,23+,24-,25?,26?/m1/s1.